The van der Waals surface area contributed by atoms with Gasteiger partial charge in [-0.2, -0.15) is 5.10 Å². The fraction of sp³-hybridized carbons (Fsp3) is 0.156. The average molecular weight is 588 g/mol. The average Bonchev–Trinajstić information content (AvgIpc) is 3.37. The molecule has 0 radical (unpaired) electrons. The molecule has 7 nitrogen and oxygen atoms in total. The van der Waals surface area contributed by atoms with Gasteiger partial charge in [0.1, 0.15) is 11.4 Å². The molecule has 0 aliphatic carbocycles. The number of hydrogen-bond donors (Lipinski definition) is 2. The van der Waals surface area contributed by atoms with Crippen LogP contribution in [0.3, 0.4) is 0 Å². The van der Waals surface area contributed by atoms with Crippen LogP contribution in [0.1, 0.15) is 35.3 Å². The van der Waals surface area contributed by atoms with Gasteiger partial charge in [0, 0.05) is 23.1 Å². The van der Waals surface area contributed by atoms with Crippen molar-refractivity contribution in [3.63, 3.8) is 0 Å². The van der Waals surface area contributed by atoms with Crippen molar-refractivity contribution in [3.05, 3.63) is 106 Å². The monoisotopic (exact) mass is 587 g/mol. The number of aliphatic carboxylic acids is 1. The number of fused-ring (bicyclic) bond motifs is 1. The number of rotatable bonds is 9. The molecular weight excluding hydrogens is 561 g/mol. The number of carboxylic acids is 1. The first-order valence-corrected chi connectivity index (χ1v) is 13.7. The van der Waals surface area contributed by atoms with Crippen LogP contribution in [0.15, 0.2) is 84.9 Å². The summed E-state index contributed by atoms with van der Waals surface area (Å²) in [5.41, 5.74) is 6.04. The Balaban J connectivity index is 1.54. The van der Waals surface area contributed by atoms with Crippen LogP contribution in [0.4, 0.5) is 0 Å². The van der Waals surface area contributed by atoms with Gasteiger partial charge in [-0.1, -0.05) is 59.6 Å². The van der Waals surface area contributed by atoms with E-state index in [1.165, 1.54) is 0 Å². The quantitative estimate of drug-likeness (QED) is 0.186. The molecule has 41 heavy (non-hydrogen) atoms. The molecule has 1 aromatic heterocycles. The van der Waals surface area contributed by atoms with E-state index in [0.29, 0.717) is 15.6 Å². The number of amides is 1. The molecule has 0 fully saturated rings. The number of methoxy groups -OCH3 is 1. The van der Waals surface area contributed by atoms with E-state index in [-0.39, 0.29) is 24.9 Å². The van der Waals surface area contributed by atoms with E-state index in [9.17, 15) is 9.59 Å². The highest BCUT2D eigenvalue weighted by molar-refractivity contribution is 6.42. The number of halogens is 2. The standard InChI is InChI=1S/C32H27Cl2N3O4/c1-19(20-3-5-22(6-4-20)32(40)35-16-15-30(38)39)37-29-18-23(21-7-11-25(41-2)12-8-21)9-13-26(29)31(36-37)24-10-14-27(33)28(34)17-24/h3-14,17-19H,15-16H2,1-2H3,(H,35,40)(H,38,39)/t19-/m0/s1. The predicted octanol–water partition coefficient (Wildman–Crippen LogP) is 7.50. The van der Waals surface area contributed by atoms with E-state index in [4.69, 9.17) is 38.1 Å². The van der Waals surface area contributed by atoms with E-state index in [1.807, 2.05) is 60.1 Å². The molecule has 5 rings (SSSR count). The number of carbonyl (C=O) groups is 2. The first kappa shape index (κ1) is 28.2. The van der Waals surface area contributed by atoms with Gasteiger partial charge in [0.15, 0.2) is 0 Å². The van der Waals surface area contributed by atoms with E-state index in [0.717, 1.165) is 44.6 Å². The van der Waals surface area contributed by atoms with Gasteiger partial charge in [-0.25, -0.2) is 0 Å². The molecule has 0 unspecified atom stereocenters. The van der Waals surface area contributed by atoms with Crippen LogP contribution in [0.2, 0.25) is 10.0 Å². The smallest absolute Gasteiger partial charge is 0.305 e. The summed E-state index contributed by atoms with van der Waals surface area (Å²) in [6, 6.07) is 26.7. The zero-order valence-corrected chi connectivity index (χ0v) is 23.9. The third-order valence-electron chi connectivity index (χ3n) is 6.97. The maximum Gasteiger partial charge on any atom is 0.305 e. The summed E-state index contributed by atoms with van der Waals surface area (Å²) in [6.07, 6.45) is -0.132. The number of hydrogen-bond acceptors (Lipinski definition) is 4. The van der Waals surface area contributed by atoms with Gasteiger partial charge >= 0.3 is 5.97 Å². The lowest BCUT2D eigenvalue weighted by Crippen LogP contribution is -2.26. The number of ether oxygens (including phenoxy) is 1. The van der Waals surface area contributed by atoms with Gasteiger partial charge in [-0.15, -0.1) is 0 Å². The van der Waals surface area contributed by atoms with Gasteiger partial charge < -0.3 is 15.2 Å². The minimum Gasteiger partial charge on any atom is -0.497 e. The molecule has 0 spiro atoms. The molecule has 1 atom stereocenters. The molecule has 9 heteroatoms. The molecule has 2 N–H and O–H groups in total. The Morgan fingerprint density at radius 1 is 0.902 bits per heavy atom. The lowest BCUT2D eigenvalue weighted by atomic mass is 10.0. The maximum atomic E-state index is 12.4. The van der Waals surface area contributed by atoms with Crippen molar-refractivity contribution in [3.8, 4) is 28.1 Å². The fourth-order valence-electron chi connectivity index (χ4n) is 4.69. The van der Waals surface area contributed by atoms with Crippen LogP contribution in [0, 0.1) is 0 Å². The van der Waals surface area contributed by atoms with Crippen molar-refractivity contribution >= 4 is 46.0 Å². The van der Waals surface area contributed by atoms with Crippen molar-refractivity contribution < 1.29 is 19.4 Å². The molecular formula is C32H27Cl2N3O4. The Hall–Kier alpha value is -4.33. The van der Waals surface area contributed by atoms with Crippen LogP contribution < -0.4 is 10.1 Å². The summed E-state index contributed by atoms with van der Waals surface area (Å²) in [6.45, 7) is 2.12. The molecule has 1 amide bonds. The minimum atomic E-state index is -0.962. The second-order valence-corrected chi connectivity index (χ2v) is 10.4. The summed E-state index contributed by atoms with van der Waals surface area (Å²) in [5.74, 6) is -0.494. The molecule has 5 aromatic rings. The number of nitrogens with zero attached hydrogens (tertiary/aromatic N) is 2. The SMILES string of the molecule is COc1ccc(-c2ccc3c(-c4ccc(Cl)c(Cl)c4)nn([C@@H](C)c4ccc(C(=O)NCCC(=O)O)cc4)c3c2)cc1. The number of benzene rings is 4. The maximum absolute atomic E-state index is 12.4. The highest BCUT2D eigenvalue weighted by Gasteiger charge is 2.19. The lowest BCUT2D eigenvalue weighted by Gasteiger charge is -2.15. The first-order valence-electron chi connectivity index (χ1n) is 13.0. The van der Waals surface area contributed by atoms with Gasteiger partial charge in [-0.05, 0) is 72.1 Å². The second kappa shape index (κ2) is 12.0. The summed E-state index contributed by atoms with van der Waals surface area (Å²) in [7, 11) is 1.64. The molecule has 208 valence electrons. The summed E-state index contributed by atoms with van der Waals surface area (Å²) in [4.78, 5) is 23.2. The molecule has 0 bridgehead atoms. The Kier molecular flexibility index (Phi) is 8.28. The third kappa shape index (κ3) is 6.06. The van der Waals surface area contributed by atoms with Gasteiger partial charge in [0.2, 0.25) is 0 Å². The zero-order valence-electron chi connectivity index (χ0n) is 22.4. The molecule has 0 aliphatic rings. The predicted molar refractivity (Wildman–Crippen MR) is 162 cm³/mol. The Morgan fingerprint density at radius 2 is 1.59 bits per heavy atom. The summed E-state index contributed by atoms with van der Waals surface area (Å²) in [5, 5.41) is 18.4. The minimum absolute atomic E-state index is 0.0691. The van der Waals surface area contributed by atoms with Crippen molar-refractivity contribution in [1.82, 2.24) is 15.1 Å². The zero-order chi connectivity index (χ0) is 29.1. The number of aromatic nitrogens is 2. The van der Waals surface area contributed by atoms with Crippen molar-refractivity contribution in [2.75, 3.05) is 13.7 Å². The number of carboxylic acid groups (broad SMARTS) is 1. The largest absolute Gasteiger partial charge is 0.497 e. The number of nitrogens with one attached hydrogen (secondary N) is 1. The third-order valence-corrected chi connectivity index (χ3v) is 7.71. The van der Waals surface area contributed by atoms with E-state index in [1.54, 1.807) is 25.3 Å². The molecule has 4 aromatic carbocycles. The summed E-state index contributed by atoms with van der Waals surface area (Å²) >= 11 is 12.5. The van der Waals surface area contributed by atoms with Crippen LogP contribution in [0.25, 0.3) is 33.3 Å². The lowest BCUT2D eigenvalue weighted by molar-refractivity contribution is -0.136. The van der Waals surface area contributed by atoms with Gasteiger partial charge in [-0.3, -0.25) is 14.3 Å². The van der Waals surface area contributed by atoms with Crippen LogP contribution in [0.5, 0.6) is 5.75 Å². The highest BCUT2D eigenvalue weighted by atomic mass is 35.5. The van der Waals surface area contributed by atoms with Crippen LogP contribution in [-0.2, 0) is 4.79 Å². The fourth-order valence-corrected chi connectivity index (χ4v) is 4.99. The van der Waals surface area contributed by atoms with Crippen molar-refractivity contribution in [2.45, 2.75) is 19.4 Å². The normalized spacial score (nSPS) is 11.8. The van der Waals surface area contributed by atoms with Gasteiger partial charge in [0.25, 0.3) is 5.91 Å². The first-order chi connectivity index (χ1) is 19.7. The summed E-state index contributed by atoms with van der Waals surface area (Å²) < 4.78 is 7.29. The van der Waals surface area contributed by atoms with Crippen LogP contribution >= 0.6 is 23.2 Å². The van der Waals surface area contributed by atoms with Crippen molar-refractivity contribution in [1.29, 1.82) is 0 Å². The van der Waals surface area contributed by atoms with Crippen LogP contribution in [-0.4, -0.2) is 40.4 Å². The Morgan fingerprint density at radius 3 is 2.24 bits per heavy atom. The number of carbonyl (C=O) groups excluding carboxylic acids is 1. The highest BCUT2D eigenvalue weighted by Crippen LogP contribution is 2.36. The molecule has 0 saturated heterocycles. The topological polar surface area (TPSA) is 93.5 Å². The van der Waals surface area contributed by atoms with E-state index >= 15 is 0 Å². The van der Waals surface area contributed by atoms with Crippen molar-refractivity contribution in [2.24, 2.45) is 0 Å². The Bertz CT molecular complexity index is 1730. The second-order valence-electron chi connectivity index (χ2n) is 9.58. The molecule has 0 saturated carbocycles. The van der Waals surface area contributed by atoms with E-state index < -0.39 is 5.97 Å². The Labute approximate surface area is 247 Å². The van der Waals surface area contributed by atoms with Gasteiger partial charge in [0.05, 0.1) is 35.1 Å². The van der Waals surface area contributed by atoms with E-state index in [2.05, 4.69) is 23.5 Å². The molecule has 1 heterocycles. The molecule has 0 aliphatic heterocycles.